The minimum absolute atomic E-state index is 0.461. The molecular formula is C12H17ClO2. The zero-order valence-electron chi connectivity index (χ0n) is 9.33. The van der Waals surface area contributed by atoms with Crippen LogP contribution in [0.3, 0.4) is 0 Å². The number of ether oxygens (including phenoxy) is 1. The summed E-state index contributed by atoms with van der Waals surface area (Å²) in [7, 11) is 0. The zero-order valence-corrected chi connectivity index (χ0v) is 10.1. The molecular weight excluding hydrogens is 212 g/mol. The average Bonchev–Trinajstić information content (AvgIpc) is 2.15. The Balaban J connectivity index is 2.86. The van der Waals surface area contributed by atoms with Crippen molar-refractivity contribution in [2.24, 2.45) is 5.92 Å². The molecule has 0 amide bonds. The molecule has 0 saturated heterocycles. The van der Waals surface area contributed by atoms with Crippen molar-refractivity contribution in [3.63, 3.8) is 0 Å². The summed E-state index contributed by atoms with van der Waals surface area (Å²) in [5, 5.41) is 10.2. The van der Waals surface area contributed by atoms with Gasteiger partial charge in [-0.05, 0) is 31.0 Å². The van der Waals surface area contributed by atoms with E-state index in [0.717, 1.165) is 5.56 Å². The minimum Gasteiger partial charge on any atom is -0.493 e. The Morgan fingerprint density at radius 1 is 1.33 bits per heavy atom. The van der Waals surface area contributed by atoms with E-state index in [4.69, 9.17) is 16.3 Å². The van der Waals surface area contributed by atoms with E-state index < -0.39 is 6.10 Å². The standard InChI is InChI=1S/C12H17ClO2/c1-8(2)7-15-12-5-4-10(13)6-11(12)9(3)14/h4-6,8-9,14H,7H2,1-3H3. The molecule has 0 bridgehead atoms. The molecule has 0 spiro atoms. The van der Waals surface area contributed by atoms with Gasteiger partial charge in [-0.2, -0.15) is 0 Å². The number of rotatable bonds is 4. The van der Waals surface area contributed by atoms with Crippen LogP contribution in [0.4, 0.5) is 0 Å². The predicted octanol–water partition coefficient (Wildman–Crippen LogP) is 3.43. The summed E-state index contributed by atoms with van der Waals surface area (Å²) < 4.78 is 5.60. The van der Waals surface area contributed by atoms with Crippen LogP contribution in [-0.2, 0) is 0 Å². The van der Waals surface area contributed by atoms with Gasteiger partial charge in [0.2, 0.25) is 0 Å². The molecule has 0 aliphatic carbocycles. The van der Waals surface area contributed by atoms with Crippen molar-refractivity contribution < 1.29 is 9.84 Å². The highest BCUT2D eigenvalue weighted by molar-refractivity contribution is 6.30. The molecule has 0 aliphatic heterocycles. The highest BCUT2D eigenvalue weighted by atomic mass is 35.5. The molecule has 1 aromatic carbocycles. The van der Waals surface area contributed by atoms with Crippen molar-refractivity contribution in [2.75, 3.05) is 6.61 Å². The second kappa shape index (κ2) is 5.38. The average molecular weight is 229 g/mol. The second-order valence-electron chi connectivity index (χ2n) is 4.06. The van der Waals surface area contributed by atoms with Gasteiger partial charge in [0.05, 0.1) is 12.7 Å². The molecule has 0 aromatic heterocycles. The van der Waals surface area contributed by atoms with Crippen LogP contribution >= 0.6 is 11.6 Å². The molecule has 0 heterocycles. The number of hydrogen-bond acceptors (Lipinski definition) is 2. The van der Waals surface area contributed by atoms with Crippen molar-refractivity contribution >= 4 is 11.6 Å². The molecule has 0 fully saturated rings. The lowest BCUT2D eigenvalue weighted by Gasteiger charge is -2.15. The third-order valence-corrected chi connectivity index (χ3v) is 2.23. The molecule has 2 nitrogen and oxygen atoms in total. The van der Waals surface area contributed by atoms with Crippen LogP contribution < -0.4 is 4.74 Å². The topological polar surface area (TPSA) is 29.5 Å². The summed E-state index contributed by atoms with van der Waals surface area (Å²) in [6.45, 7) is 6.51. The molecule has 1 aromatic rings. The lowest BCUT2D eigenvalue weighted by atomic mass is 10.1. The summed E-state index contributed by atoms with van der Waals surface area (Å²) in [5.41, 5.74) is 0.739. The third-order valence-electron chi connectivity index (χ3n) is 1.99. The molecule has 1 rings (SSSR count). The summed E-state index contributed by atoms with van der Waals surface area (Å²) in [4.78, 5) is 0. The maximum absolute atomic E-state index is 9.56. The molecule has 1 unspecified atom stereocenters. The number of benzene rings is 1. The first kappa shape index (κ1) is 12.3. The normalized spacial score (nSPS) is 12.9. The van der Waals surface area contributed by atoms with Crippen molar-refractivity contribution in [1.29, 1.82) is 0 Å². The van der Waals surface area contributed by atoms with E-state index in [0.29, 0.717) is 23.3 Å². The van der Waals surface area contributed by atoms with Crippen LogP contribution in [0.1, 0.15) is 32.4 Å². The number of aliphatic hydroxyl groups excluding tert-OH is 1. The van der Waals surface area contributed by atoms with Gasteiger partial charge in [-0.1, -0.05) is 25.4 Å². The van der Waals surface area contributed by atoms with Crippen LogP contribution in [0.15, 0.2) is 18.2 Å². The van der Waals surface area contributed by atoms with Crippen LogP contribution in [-0.4, -0.2) is 11.7 Å². The monoisotopic (exact) mass is 228 g/mol. The second-order valence-corrected chi connectivity index (χ2v) is 4.50. The van der Waals surface area contributed by atoms with E-state index in [2.05, 4.69) is 13.8 Å². The van der Waals surface area contributed by atoms with Crippen LogP contribution in [0.2, 0.25) is 5.02 Å². The van der Waals surface area contributed by atoms with Crippen molar-refractivity contribution in [1.82, 2.24) is 0 Å². The van der Waals surface area contributed by atoms with Crippen LogP contribution in [0.25, 0.3) is 0 Å². The minimum atomic E-state index is -0.564. The maximum atomic E-state index is 9.56. The van der Waals surface area contributed by atoms with Gasteiger partial charge in [0.15, 0.2) is 0 Å². The lowest BCUT2D eigenvalue weighted by Crippen LogP contribution is -2.07. The summed E-state index contributed by atoms with van der Waals surface area (Å²) >= 11 is 5.86. The van der Waals surface area contributed by atoms with Gasteiger partial charge in [-0.15, -0.1) is 0 Å². The maximum Gasteiger partial charge on any atom is 0.125 e. The fourth-order valence-electron chi connectivity index (χ4n) is 1.23. The Morgan fingerprint density at radius 3 is 2.53 bits per heavy atom. The van der Waals surface area contributed by atoms with Gasteiger partial charge in [-0.3, -0.25) is 0 Å². The molecule has 1 N–H and O–H groups in total. The van der Waals surface area contributed by atoms with E-state index in [9.17, 15) is 5.11 Å². The molecule has 1 atom stereocenters. The Bertz CT molecular complexity index is 321. The Hall–Kier alpha value is -0.730. The zero-order chi connectivity index (χ0) is 11.4. The van der Waals surface area contributed by atoms with Crippen molar-refractivity contribution in [3.05, 3.63) is 28.8 Å². The first-order valence-corrected chi connectivity index (χ1v) is 5.48. The van der Waals surface area contributed by atoms with E-state index >= 15 is 0 Å². The largest absolute Gasteiger partial charge is 0.493 e. The summed E-state index contributed by atoms with van der Waals surface area (Å²) in [6, 6.07) is 5.30. The fraction of sp³-hybridized carbons (Fsp3) is 0.500. The van der Waals surface area contributed by atoms with E-state index in [1.807, 2.05) is 0 Å². The molecule has 0 saturated carbocycles. The smallest absolute Gasteiger partial charge is 0.125 e. The summed E-state index contributed by atoms with van der Waals surface area (Å²) in [5.74, 6) is 1.17. The molecule has 0 aliphatic rings. The summed E-state index contributed by atoms with van der Waals surface area (Å²) in [6.07, 6.45) is -0.564. The number of halogens is 1. The van der Waals surface area contributed by atoms with Gasteiger partial charge < -0.3 is 9.84 Å². The Labute approximate surface area is 95.8 Å². The molecule has 15 heavy (non-hydrogen) atoms. The van der Waals surface area contributed by atoms with Crippen LogP contribution in [0, 0.1) is 5.92 Å². The molecule has 3 heteroatoms. The quantitative estimate of drug-likeness (QED) is 0.856. The van der Waals surface area contributed by atoms with Gasteiger partial charge in [0, 0.05) is 10.6 Å². The fourth-order valence-corrected chi connectivity index (χ4v) is 1.41. The Morgan fingerprint density at radius 2 is 2.00 bits per heavy atom. The Kier molecular flexibility index (Phi) is 4.43. The highest BCUT2D eigenvalue weighted by Gasteiger charge is 2.10. The number of hydrogen-bond donors (Lipinski definition) is 1. The highest BCUT2D eigenvalue weighted by Crippen LogP contribution is 2.28. The van der Waals surface area contributed by atoms with Crippen LogP contribution in [0.5, 0.6) is 5.75 Å². The van der Waals surface area contributed by atoms with Gasteiger partial charge in [0.1, 0.15) is 5.75 Å². The lowest BCUT2D eigenvalue weighted by molar-refractivity contribution is 0.188. The van der Waals surface area contributed by atoms with Gasteiger partial charge in [-0.25, -0.2) is 0 Å². The third kappa shape index (κ3) is 3.73. The van der Waals surface area contributed by atoms with Crippen molar-refractivity contribution in [3.8, 4) is 5.75 Å². The molecule has 84 valence electrons. The van der Waals surface area contributed by atoms with E-state index in [-0.39, 0.29) is 0 Å². The van der Waals surface area contributed by atoms with E-state index in [1.165, 1.54) is 0 Å². The van der Waals surface area contributed by atoms with Gasteiger partial charge >= 0.3 is 0 Å². The van der Waals surface area contributed by atoms with E-state index in [1.54, 1.807) is 25.1 Å². The molecule has 0 radical (unpaired) electrons. The SMILES string of the molecule is CC(C)COc1ccc(Cl)cc1C(C)O. The first-order chi connectivity index (χ1) is 7.00. The van der Waals surface area contributed by atoms with Crippen molar-refractivity contribution in [2.45, 2.75) is 26.9 Å². The number of aliphatic hydroxyl groups is 1. The predicted molar refractivity (Wildman–Crippen MR) is 62.4 cm³/mol. The first-order valence-electron chi connectivity index (χ1n) is 5.11. The van der Waals surface area contributed by atoms with Gasteiger partial charge in [0.25, 0.3) is 0 Å².